The molecule has 5 rings (SSSR count). The van der Waals surface area contributed by atoms with Crippen LogP contribution in [0, 0.1) is 46.3 Å². The molecule has 4 aliphatic carbocycles. The van der Waals surface area contributed by atoms with Crippen LogP contribution in [0.1, 0.15) is 84.1 Å². The van der Waals surface area contributed by atoms with E-state index in [0.717, 1.165) is 51.6 Å². The van der Waals surface area contributed by atoms with Gasteiger partial charge in [0.15, 0.2) is 0 Å². The van der Waals surface area contributed by atoms with E-state index >= 15 is 0 Å². The Morgan fingerprint density at radius 2 is 1.54 bits per heavy atom. The van der Waals surface area contributed by atoms with Gasteiger partial charge in [0.25, 0.3) is 0 Å². The molecule has 11 atom stereocenters. The number of ether oxygens (including phenoxy) is 3. The highest BCUT2D eigenvalue weighted by atomic mass is 16.6. The summed E-state index contributed by atoms with van der Waals surface area (Å²) in [4.78, 5) is 40.2. The number of rotatable bonds is 13. The van der Waals surface area contributed by atoms with Gasteiger partial charge >= 0.3 is 17.9 Å². The molecule has 0 aromatic heterocycles. The Labute approximate surface area is 287 Å². The van der Waals surface area contributed by atoms with Crippen molar-refractivity contribution >= 4 is 17.9 Å². The molecule has 6 N–H and O–H groups in total. The van der Waals surface area contributed by atoms with E-state index in [9.17, 15) is 14.4 Å². The van der Waals surface area contributed by atoms with Gasteiger partial charge in [0.2, 0.25) is 0 Å². The molecule has 0 spiro atoms. The molecule has 0 bridgehead atoms. The monoisotopic (exact) mass is 668 g/mol. The minimum atomic E-state index is -0.389. The first-order valence-corrected chi connectivity index (χ1v) is 18.4. The molecule has 48 heavy (non-hydrogen) atoms. The largest absolute Gasteiger partial charge is 0.461 e. The topological polar surface area (TPSA) is 160 Å². The molecule has 4 aliphatic rings. The number of carbonyl (C=O) groups excluding carboxylic acids is 3. The molecule has 0 heterocycles. The fraction of sp³-hybridized carbons (Fsp3) is 0.763. The maximum atomic E-state index is 12.9. The van der Waals surface area contributed by atoms with Gasteiger partial charge in [0.1, 0.15) is 18.3 Å². The van der Waals surface area contributed by atoms with Gasteiger partial charge in [-0.3, -0.25) is 14.4 Å². The fourth-order valence-electron chi connectivity index (χ4n) is 11.0. The zero-order valence-corrected chi connectivity index (χ0v) is 29.6. The summed E-state index contributed by atoms with van der Waals surface area (Å²) in [7, 11) is 2.18. The smallest absolute Gasteiger partial charge is 0.319 e. The van der Waals surface area contributed by atoms with E-state index in [2.05, 4.69) is 63.1 Å². The molecule has 268 valence electrons. The Hall–Kier alpha value is -2.53. The molecule has 0 saturated heterocycles. The molecule has 4 fully saturated rings. The maximum Gasteiger partial charge on any atom is 0.319 e. The highest BCUT2D eigenvalue weighted by molar-refractivity contribution is 5.72. The molecule has 4 saturated carbocycles. The molecule has 1 aromatic carbocycles. The van der Waals surface area contributed by atoms with Crippen molar-refractivity contribution in [3.8, 4) is 0 Å². The van der Waals surface area contributed by atoms with Crippen molar-refractivity contribution in [1.29, 1.82) is 0 Å². The molecular weight excluding hydrogens is 608 g/mol. The van der Waals surface area contributed by atoms with Gasteiger partial charge in [-0.25, -0.2) is 0 Å². The lowest BCUT2D eigenvalue weighted by Crippen LogP contribution is -2.63. The normalized spacial score (nSPS) is 36.3. The number of hydrogen-bond acceptors (Lipinski definition) is 10. The van der Waals surface area contributed by atoms with Crippen LogP contribution < -0.4 is 17.2 Å². The van der Waals surface area contributed by atoms with E-state index in [0.29, 0.717) is 31.1 Å². The summed E-state index contributed by atoms with van der Waals surface area (Å²) >= 11 is 0. The summed E-state index contributed by atoms with van der Waals surface area (Å²) in [5.74, 6) is 0.375. The first-order valence-electron chi connectivity index (χ1n) is 18.4. The summed E-state index contributed by atoms with van der Waals surface area (Å²) in [5.41, 5.74) is 18.2. The van der Waals surface area contributed by atoms with Crippen LogP contribution in [0.4, 0.5) is 0 Å². The number of nitrogens with zero attached hydrogens (tertiary/aromatic N) is 1. The average molecular weight is 669 g/mol. The number of carbonyl (C=O) groups is 3. The van der Waals surface area contributed by atoms with Crippen LogP contribution in [-0.2, 0) is 35.1 Å². The lowest BCUT2D eigenvalue weighted by atomic mass is 9.43. The quantitative estimate of drug-likeness (QED) is 0.207. The first kappa shape index (κ1) is 36.7. The van der Waals surface area contributed by atoms with Crippen LogP contribution in [0.25, 0.3) is 0 Å². The molecule has 0 amide bonds. The molecule has 1 unspecified atom stereocenters. The van der Waals surface area contributed by atoms with Gasteiger partial charge in [-0.15, -0.1) is 0 Å². The number of nitrogens with two attached hydrogens (primary N) is 3. The number of fused-ring (bicyclic) bond motifs is 5. The van der Waals surface area contributed by atoms with Crippen molar-refractivity contribution in [1.82, 2.24) is 4.90 Å². The Bertz CT molecular complexity index is 1260. The lowest BCUT2D eigenvalue weighted by molar-refractivity contribution is -0.225. The van der Waals surface area contributed by atoms with E-state index in [1.165, 1.54) is 5.56 Å². The Kier molecular flexibility index (Phi) is 11.9. The SMILES string of the molecule is C[C@H](CCCN(C)Cc1ccccc1)[C@H]1CC[C@H]2[C@@H]3[C@H](OC(=O)CN)C[C@@H]4CC(OC(=O)CN)CC[C@]4(C)[C@H]3C[C@H](OC(=O)CN)[C@]12C. The minimum Gasteiger partial charge on any atom is -0.461 e. The predicted molar refractivity (Wildman–Crippen MR) is 184 cm³/mol. The Balaban J connectivity index is 1.38. The van der Waals surface area contributed by atoms with Crippen molar-refractivity contribution in [2.24, 2.45) is 63.5 Å². The van der Waals surface area contributed by atoms with Crippen LogP contribution >= 0.6 is 0 Å². The Morgan fingerprint density at radius 1 is 0.875 bits per heavy atom. The molecule has 0 radical (unpaired) electrons. The highest BCUT2D eigenvalue weighted by Gasteiger charge is 2.67. The minimum absolute atomic E-state index is 0.0797. The van der Waals surface area contributed by atoms with Crippen LogP contribution in [0.2, 0.25) is 0 Å². The molecule has 1 aromatic rings. The van der Waals surface area contributed by atoms with E-state index in [-0.39, 0.29) is 90.4 Å². The van der Waals surface area contributed by atoms with Crippen molar-refractivity contribution < 1.29 is 28.6 Å². The molecule has 0 aliphatic heterocycles. The van der Waals surface area contributed by atoms with E-state index in [1.807, 2.05) is 0 Å². The number of esters is 3. The van der Waals surface area contributed by atoms with Gasteiger partial charge in [0, 0.05) is 17.9 Å². The summed E-state index contributed by atoms with van der Waals surface area (Å²) < 4.78 is 18.3. The third kappa shape index (κ3) is 7.47. The van der Waals surface area contributed by atoms with Crippen molar-refractivity contribution in [2.75, 3.05) is 33.2 Å². The second-order valence-electron chi connectivity index (χ2n) is 15.9. The van der Waals surface area contributed by atoms with Crippen LogP contribution in [-0.4, -0.2) is 74.3 Å². The van der Waals surface area contributed by atoms with Gasteiger partial charge in [-0.05, 0) is 112 Å². The van der Waals surface area contributed by atoms with Gasteiger partial charge < -0.3 is 36.3 Å². The third-order valence-electron chi connectivity index (χ3n) is 13.3. The van der Waals surface area contributed by atoms with Crippen molar-refractivity contribution in [3.05, 3.63) is 35.9 Å². The van der Waals surface area contributed by atoms with Crippen LogP contribution in [0.15, 0.2) is 30.3 Å². The van der Waals surface area contributed by atoms with Gasteiger partial charge in [0.05, 0.1) is 19.6 Å². The zero-order valence-electron chi connectivity index (χ0n) is 29.6. The van der Waals surface area contributed by atoms with E-state index in [4.69, 9.17) is 31.4 Å². The summed E-state index contributed by atoms with van der Waals surface area (Å²) in [6.45, 7) is 8.57. The third-order valence-corrected chi connectivity index (χ3v) is 13.3. The van der Waals surface area contributed by atoms with Crippen molar-refractivity contribution in [3.63, 3.8) is 0 Å². The summed E-state index contributed by atoms with van der Waals surface area (Å²) in [6.07, 6.45) is 7.26. The second kappa shape index (κ2) is 15.6. The van der Waals surface area contributed by atoms with Crippen LogP contribution in [0.5, 0.6) is 0 Å². The predicted octanol–water partition coefficient (Wildman–Crippen LogP) is 4.02. The zero-order chi connectivity index (χ0) is 34.6. The first-order chi connectivity index (χ1) is 22.9. The fourth-order valence-corrected chi connectivity index (χ4v) is 11.0. The highest BCUT2D eigenvalue weighted by Crippen LogP contribution is 2.69. The van der Waals surface area contributed by atoms with E-state index < -0.39 is 0 Å². The number of benzene rings is 1. The lowest BCUT2D eigenvalue weighted by Gasteiger charge is -2.64. The maximum absolute atomic E-state index is 12.9. The number of hydrogen-bond donors (Lipinski definition) is 3. The molecular formula is C38H60N4O6. The van der Waals surface area contributed by atoms with E-state index in [1.54, 1.807) is 0 Å². The Morgan fingerprint density at radius 3 is 2.23 bits per heavy atom. The average Bonchev–Trinajstić information content (AvgIpc) is 3.43. The summed E-state index contributed by atoms with van der Waals surface area (Å²) in [6, 6.07) is 10.6. The molecule has 10 heteroatoms. The van der Waals surface area contributed by atoms with Crippen molar-refractivity contribution in [2.45, 2.75) is 103 Å². The second-order valence-corrected chi connectivity index (χ2v) is 15.9. The summed E-state index contributed by atoms with van der Waals surface area (Å²) in [5, 5.41) is 0. The standard InChI is InChI=1S/C38H60N4O6/c1-24(9-8-16-42(4)23-25-10-6-5-7-11-25)28-12-13-29-36-30(19-32(38(28,29)3)48-35(45)22-41)37(2)15-14-27(46-33(43)20-39)17-26(37)18-31(36)47-34(44)21-40/h5-7,10-11,24,26-32,36H,8-9,12-23,39-41H2,1-4H3/t24-,26+,27?,28-,29+,30+,31-,32+,36+,37+,38-/m1/s1. The molecule has 10 nitrogen and oxygen atoms in total. The van der Waals surface area contributed by atoms with Crippen LogP contribution in [0.3, 0.4) is 0 Å². The van der Waals surface area contributed by atoms with Gasteiger partial charge in [-0.2, -0.15) is 0 Å². The van der Waals surface area contributed by atoms with Gasteiger partial charge in [-0.1, -0.05) is 51.1 Å².